The number of nitrogens with two attached hydrogens (primary N) is 1. The van der Waals surface area contributed by atoms with Crippen molar-refractivity contribution in [1.29, 1.82) is 0 Å². The first kappa shape index (κ1) is 13.2. The highest BCUT2D eigenvalue weighted by atomic mass is 15.3. The summed E-state index contributed by atoms with van der Waals surface area (Å²) in [6, 6.07) is 0. The van der Waals surface area contributed by atoms with Crippen LogP contribution < -0.4 is 10.6 Å². The molecule has 18 heavy (non-hydrogen) atoms. The zero-order valence-corrected chi connectivity index (χ0v) is 11.6. The van der Waals surface area contributed by atoms with E-state index in [1.165, 1.54) is 0 Å². The van der Waals surface area contributed by atoms with E-state index < -0.39 is 0 Å². The van der Waals surface area contributed by atoms with Crippen molar-refractivity contribution < 1.29 is 0 Å². The summed E-state index contributed by atoms with van der Waals surface area (Å²) < 4.78 is 0. The second-order valence-electron chi connectivity index (χ2n) is 5.72. The normalized spacial score (nSPS) is 18.1. The summed E-state index contributed by atoms with van der Waals surface area (Å²) >= 11 is 0. The van der Waals surface area contributed by atoms with E-state index in [9.17, 15) is 0 Å². The van der Waals surface area contributed by atoms with Crippen LogP contribution in [-0.4, -0.2) is 53.1 Å². The van der Waals surface area contributed by atoms with E-state index in [0.717, 1.165) is 44.2 Å². The van der Waals surface area contributed by atoms with E-state index >= 15 is 0 Å². The van der Waals surface area contributed by atoms with Crippen molar-refractivity contribution in [2.45, 2.75) is 26.3 Å². The maximum atomic E-state index is 6.06. The summed E-state index contributed by atoms with van der Waals surface area (Å²) in [5.41, 5.74) is 6.94. The van der Waals surface area contributed by atoms with Crippen molar-refractivity contribution in [3.63, 3.8) is 0 Å². The van der Waals surface area contributed by atoms with Crippen molar-refractivity contribution in [2.75, 3.05) is 37.6 Å². The molecule has 1 saturated heterocycles. The molecule has 0 unspecified atom stereocenters. The second-order valence-corrected chi connectivity index (χ2v) is 5.72. The molecular weight excluding hydrogens is 226 g/mol. The van der Waals surface area contributed by atoms with Gasteiger partial charge in [0.05, 0.1) is 5.69 Å². The lowest BCUT2D eigenvalue weighted by Gasteiger charge is -2.38. The molecule has 5 heteroatoms. The van der Waals surface area contributed by atoms with Gasteiger partial charge < -0.3 is 10.6 Å². The van der Waals surface area contributed by atoms with Gasteiger partial charge in [-0.2, -0.15) is 0 Å². The molecule has 0 amide bonds. The first-order valence-corrected chi connectivity index (χ1v) is 6.49. The van der Waals surface area contributed by atoms with E-state index in [2.05, 4.69) is 33.6 Å². The number of rotatable bonds is 3. The second kappa shape index (κ2) is 5.20. The van der Waals surface area contributed by atoms with Crippen LogP contribution in [0.15, 0.2) is 12.4 Å². The van der Waals surface area contributed by atoms with Gasteiger partial charge in [-0.1, -0.05) is 0 Å². The van der Waals surface area contributed by atoms with Crippen molar-refractivity contribution in [3.05, 3.63) is 18.1 Å². The van der Waals surface area contributed by atoms with Gasteiger partial charge in [0, 0.05) is 50.7 Å². The highest BCUT2D eigenvalue weighted by Gasteiger charge is 2.23. The quantitative estimate of drug-likeness (QED) is 0.852. The van der Waals surface area contributed by atoms with E-state index in [1.54, 1.807) is 12.4 Å². The molecule has 2 heterocycles. The van der Waals surface area contributed by atoms with E-state index in [4.69, 9.17) is 5.73 Å². The van der Waals surface area contributed by atoms with Crippen LogP contribution in [0.1, 0.15) is 19.5 Å². The zero-order valence-electron chi connectivity index (χ0n) is 11.6. The molecule has 0 saturated carbocycles. The summed E-state index contributed by atoms with van der Waals surface area (Å²) in [6.07, 6.45) is 3.50. The van der Waals surface area contributed by atoms with Gasteiger partial charge >= 0.3 is 0 Å². The molecule has 1 fully saturated rings. The van der Waals surface area contributed by atoms with E-state index in [-0.39, 0.29) is 5.54 Å². The smallest absolute Gasteiger partial charge is 0.150 e. The van der Waals surface area contributed by atoms with Gasteiger partial charge in [-0.3, -0.25) is 9.88 Å². The maximum Gasteiger partial charge on any atom is 0.150 e. The summed E-state index contributed by atoms with van der Waals surface area (Å²) in [7, 11) is 0. The molecule has 0 spiro atoms. The zero-order chi connectivity index (χ0) is 13.2. The molecular formula is C13H23N5. The standard InChI is InChI=1S/C13H23N5/c1-11-12(16-5-4-15-11)18-8-6-17(7-9-18)10-13(2,3)14/h4-5H,6-10,14H2,1-3H3. The van der Waals surface area contributed by atoms with Crippen molar-refractivity contribution in [1.82, 2.24) is 14.9 Å². The Bertz CT molecular complexity index is 391. The Balaban J connectivity index is 1.93. The van der Waals surface area contributed by atoms with Crippen molar-refractivity contribution >= 4 is 5.82 Å². The SMILES string of the molecule is Cc1nccnc1N1CCN(CC(C)(C)N)CC1. The monoisotopic (exact) mass is 249 g/mol. The van der Waals surface area contributed by atoms with Gasteiger partial charge in [0.2, 0.25) is 0 Å². The third-order valence-electron chi connectivity index (χ3n) is 3.16. The van der Waals surface area contributed by atoms with Crippen LogP contribution in [0.4, 0.5) is 5.82 Å². The summed E-state index contributed by atoms with van der Waals surface area (Å²) in [6.45, 7) is 11.2. The number of nitrogens with zero attached hydrogens (tertiary/aromatic N) is 4. The molecule has 2 N–H and O–H groups in total. The maximum absolute atomic E-state index is 6.06. The Morgan fingerprint density at radius 1 is 1.17 bits per heavy atom. The van der Waals surface area contributed by atoms with Gasteiger partial charge in [-0.05, 0) is 20.8 Å². The summed E-state index contributed by atoms with van der Waals surface area (Å²) in [5.74, 6) is 1.02. The molecule has 2 rings (SSSR count). The summed E-state index contributed by atoms with van der Waals surface area (Å²) in [5, 5.41) is 0. The number of hydrogen-bond acceptors (Lipinski definition) is 5. The lowest BCUT2D eigenvalue weighted by atomic mass is 10.1. The molecule has 1 aromatic heterocycles. The van der Waals surface area contributed by atoms with Gasteiger partial charge in [-0.25, -0.2) is 4.98 Å². The van der Waals surface area contributed by atoms with Crippen LogP contribution in [-0.2, 0) is 0 Å². The summed E-state index contributed by atoms with van der Waals surface area (Å²) in [4.78, 5) is 13.4. The predicted molar refractivity (Wildman–Crippen MR) is 73.7 cm³/mol. The first-order valence-electron chi connectivity index (χ1n) is 6.49. The van der Waals surface area contributed by atoms with Crippen LogP contribution in [0, 0.1) is 6.92 Å². The molecule has 0 aliphatic carbocycles. The van der Waals surface area contributed by atoms with Crippen molar-refractivity contribution in [3.8, 4) is 0 Å². The fraction of sp³-hybridized carbons (Fsp3) is 0.692. The van der Waals surface area contributed by atoms with E-state index in [1.807, 2.05) is 6.92 Å². The van der Waals surface area contributed by atoms with Crippen molar-refractivity contribution in [2.24, 2.45) is 5.73 Å². The minimum atomic E-state index is -0.120. The topological polar surface area (TPSA) is 58.3 Å². The lowest BCUT2D eigenvalue weighted by molar-refractivity contribution is 0.214. The van der Waals surface area contributed by atoms with Gasteiger partial charge in [0.15, 0.2) is 0 Å². The number of anilines is 1. The fourth-order valence-electron chi connectivity index (χ4n) is 2.40. The van der Waals surface area contributed by atoms with Crippen LogP contribution in [0.25, 0.3) is 0 Å². The predicted octanol–water partition coefficient (Wildman–Crippen LogP) is 0.644. The highest BCUT2D eigenvalue weighted by molar-refractivity contribution is 5.42. The largest absolute Gasteiger partial charge is 0.353 e. The molecule has 0 radical (unpaired) electrons. The van der Waals surface area contributed by atoms with Gasteiger partial charge in [0.25, 0.3) is 0 Å². The Morgan fingerprint density at radius 2 is 1.78 bits per heavy atom. The number of aromatic nitrogens is 2. The van der Waals surface area contributed by atoms with Crippen LogP contribution in [0.2, 0.25) is 0 Å². The molecule has 0 aromatic carbocycles. The Kier molecular flexibility index (Phi) is 3.82. The number of hydrogen-bond donors (Lipinski definition) is 1. The molecule has 1 aromatic rings. The van der Waals surface area contributed by atoms with Gasteiger partial charge in [-0.15, -0.1) is 0 Å². The van der Waals surface area contributed by atoms with Crippen LogP contribution in [0.3, 0.4) is 0 Å². The third kappa shape index (κ3) is 3.40. The molecule has 1 aliphatic rings. The molecule has 0 bridgehead atoms. The fourth-order valence-corrected chi connectivity index (χ4v) is 2.40. The van der Waals surface area contributed by atoms with Crippen LogP contribution >= 0.6 is 0 Å². The molecule has 0 atom stereocenters. The Hall–Kier alpha value is -1.20. The first-order chi connectivity index (χ1) is 8.46. The third-order valence-corrected chi connectivity index (χ3v) is 3.16. The number of piperazine rings is 1. The number of aryl methyl sites for hydroxylation is 1. The molecule has 100 valence electrons. The average molecular weight is 249 g/mol. The van der Waals surface area contributed by atoms with E-state index in [0.29, 0.717) is 0 Å². The van der Waals surface area contributed by atoms with Gasteiger partial charge in [0.1, 0.15) is 5.82 Å². The minimum absolute atomic E-state index is 0.120. The average Bonchev–Trinajstić information content (AvgIpc) is 2.29. The Labute approximate surface area is 109 Å². The molecule has 1 aliphatic heterocycles. The minimum Gasteiger partial charge on any atom is -0.353 e. The Morgan fingerprint density at radius 3 is 2.33 bits per heavy atom. The molecule has 5 nitrogen and oxygen atoms in total. The highest BCUT2D eigenvalue weighted by Crippen LogP contribution is 2.16. The van der Waals surface area contributed by atoms with Crippen LogP contribution in [0.5, 0.6) is 0 Å². The lowest BCUT2D eigenvalue weighted by Crippen LogP contribution is -2.53.